The van der Waals surface area contributed by atoms with E-state index in [-0.39, 0.29) is 5.91 Å². The number of hydrogen-bond donors (Lipinski definition) is 2. The molecule has 0 fully saturated rings. The van der Waals surface area contributed by atoms with E-state index in [2.05, 4.69) is 23.6 Å². The van der Waals surface area contributed by atoms with Crippen LogP contribution >= 0.6 is 0 Å². The predicted octanol–water partition coefficient (Wildman–Crippen LogP) is 0.678. The second-order valence-electron chi connectivity index (χ2n) is 2.77. The van der Waals surface area contributed by atoms with Gasteiger partial charge in [-0.25, -0.2) is 0 Å². The Balaban J connectivity index is 3.37. The molecule has 0 aliphatic heterocycles. The first kappa shape index (κ1) is 11.2. The molecule has 0 aromatic carbocycles. The van der Waals surface area contributed by atoms with E-state index < -0.39 is 0 Å². The summed E-state index contributed by atoms with van der Waals surface area (Å²) in [6.45, 7) is 5.19. The fourth-order valence-corrected chi connectivity index (χ4v) is 0.766. The van der Waals surface area contributed by atoms with Crippen LogP contribution in [-0.2, 0) is 4.79 Å². The Morgan fingerprint density at radius 2 is 2.17 bits per heavy atom. The van der Waals surface area contributed by atoms with Crippen LogP contribution in [0.15, 0.2) is 11.6 Å². The minimum atomic E-state index is 0.0569. The average Bonchev–Trinajstić information content (AvgIpc) is 2.04. The number of amides is 1. The van der Waals surface area contributed by atoms with E-state index in [4.69, 9.17) is 0 Å². The van der Waals surface area contributed by atoms with Crippen molar-refractivity contribution in [2.24, 2.45) is 0 Å². The van der Waals surface area contributed by atoms with Gasteiger partial charge in [0.05, 0.1) is 6.54 Å². The largest absolute Gasteiger partial charge is 0.355 e. The highest BCUT2D eigenvalue weighted by molar-refractivity contribution is 5.77. The molecule has 0 saturated carbocycles. The normalized spacial score (nSPS) is 11.4. The van der Waals surface area contributed by atoms with Gasteiger partial charge in [0.15, 0.2) is 0 Å². The molecule has 70 valence electrons. The van der Waals surface area contributed by atoms with Crippen LogP contribution in [0.1, 0.15) is 20.3 Å². The third-order valence-corrected chi connectivity index (χ3v) is 1.67. The quantitative estimate of drug-likeness (QED) is 0.596. The lowest BCUT2D eigenvalue weighted by Gasteiger charge is -2.03. The molecule has 0 atom stereocenters. The van der Waals surface area contributed by atoms with Crippen molar-refractivity contribution in [3.8, 4) is 0 Å². The average molecular weight is 170 g/mol. The number of carbonyl (C=O) groups excluding carboxylic acids is 1. The molecule has 3 nitrogen and oxygen atoms in total. The van der Waals surface area contributed by atoms with Crippen LogP contribution < -0.4 is 10.6 Å². The van der Waals surface area contributed by atoms with Gasteiger partial charge in [0, 0.05) is 6.54 Å². The number of allylic oxidation sites excluding steroid dienone is 1. The summed E-state index contributed by atoms with van der Waals surface area (Å²) < 4.78 is 0. The van der Waals surface area contributed by atoms with Gasteiger partial charge in [0.1, 0.15) is 0 Å². The van der Waals surface area contributed by atoms with Crippen LogP contribution in [-0.4, -0.2) is 26.0 Å². The fourth-order valence-electron chi connectivity index (χ4n) is 0.766. The highest BCUT2D eigenvalue weighted by Crippen LogP contribution is 1.95. The van der Waals surface area contributed by atoms with Crippen molar-refractivity contribution in [1.29, 1.82) is 0 Å². The number of hydrogen-bond acceptors (Lipinski definition) is 2. The van der Waals surface area contributed by atoms with Crippen molar-refractivity contribution in [3.63, 3.8) is 0 Å². The van der Waals surface area contributed by atoms with E-state index in [0.29, 0.717) is 6.54 Å². The van der Waals surface area contributed by atoms with E-state index in [9.17, 15) is 4.79 Å². The van der Waals surface area contributed by atoms with Crippen LogP contribution in [0.3, 0.4) is 0 Å². The molecule has 3 heteroatoms. The number of likely N-dealkylation sites (N-methyl/N-ethyl adjacent to an activating group) is 1. The van der Waals surface area contributed by atoms with Gasteiger partial charge in [-0.3, -0.25) is 4.79 Å². The number of carbonyl (C=O) groups is 1. The molecule has 0 aliphatic rings. The van der Waals surface area contributed by atoms with Crippen LogP contribution in [0, 0.1) is 0 Å². The molecule has 12 heavy (non-hydrogen) atoms. The first-order valence-corrected chi connectivity index (χ1v) is 4.23. The van der Waals surface area contributed by atoms with E-state index in [1.54, 1.807) is 7.05 Å². The summed E-state index contributed by atoms with van der Waals surface area (Å²) in [5, 5.41) is 5.60. The van der Waals surface area contributed by atoms with Crippen LogP contribution in [0.4, 0.5) is 0 Å². The second-order valence-corrected chi connectivity index (χ2v) is 2.77. The molecule has 2 N–H and O–H groups in total. The van der Waals surface area contributed by atoms with Crippen molar-refractivity contribution in [2.45, 2.75) is 20.3 Å². The summed E-state index contributed by atoms with van der Waals surface area (Å²) in [5.41, 5.74) is 1.31. The molecule has 0 aromatic rings. The topological polar surface area (TPSA) is 41.1 Å². The highest BCUT2D eigenvalue weighted by atomic mass is 16.1. The zero-order valence-corrected chi connectivity index (χ0v) is 8.11. The predicted molar refractivity (Wildman–Crippen MR) is 51.0 cm³/mol. The fraction of sp³-hybridized carbons (Fsp3) is 0.667. The lowest BCUT2D eigenvalue weighted by atomic mass is 10.2. The molecule has 0 aliphatic carbocycles. The van der Waals surface area contributed by atoms with Gasteiger partial charge in [0.25, 0.3) is 0 Å². The Morgan fingerprint density at radius 1 is 1.50 bits per heavy atom. The summed E-state index contributed by atoms with van der Waals surface area (Å²) in [6.07, 6.45) is 3.00. The minimum Gasteiger partial charge on any atom is -0.355 e. The van der Waals surface area contributed by atoms with Gasteiger partial charge in [-0.05, 0) is 27.3 Å². The second kappa shape index (κ2) is 6.85. The van der Waals surface area contributed by atoms with Gasteiger partial charge in [-0.2, -0.15) is 0 Å². The smallest absolute Gasteiger partial charge is 0.233 e. The van der Waals surface area contributed by atoms with Crippen LogP contribution in [0.5, 0.6) is 0 Å². The third kappa shape index (κ3) is 5.92. The monoisotopic (exact) mass is 170 g/mol. The van der Waals surface area contributed by atoms with Crippen molar-refractivity contribution in [2.75, 3.05) is 20.1 Å². The third-order valence-electron chi connectivity index (χ3n) is 1.67. The van der Waals surface area contributed by atoms with E-state index in [1.807, 2.05) is 6.92 Å². The maximum atomic E-state index is 10.9. The zero-order valence-electron chi connectivity index (χ0n) is 8.11. The molecule has 0 spiro atoms. The molecule has 0 aromatic heterocycles. The molecular formula is C9H18N2O. The van der Waals surface area contributed by atoms with Crippen molar-refractivity contribution in [3.05, 3.63) is 11.6 Å². The lowest BCUT2D eigenvalue weighted by Crippen LogP contribution is -2.32. The van der Waals surface area contributed by atoms with Gasteiger partial charge in [-0.1, -0.05) is 11.6 Å². The number of nitrogens with one attached hydrogen (secondary N) is 2. The van der Waals surface area contributed by atoms with Crippen molar-refractivity contribution >= 4 is 5.91 Å². The van der Waals surface area contributed by atoms with Gasteiger partial charge in [0.2, 0.25) is 5.91 Å². The Kier molecular flexibility index (Phi) is 6.38. The molecule has 0 heterocycles. The van der Waals surface area contributed by atoms with Crippen LogP contribution in [0.25, 0.3) is 0 Å². The summed E-state index contributed by atoms with van der Waals surface area (Å²) in [5.74, 6) is 0.0569. The summed E-state index contributed by atoms with van der Waals surface area (Å²) in [6, 6.07) is 0. The molecule has 0 saturated heterocycles. The molecular weight excluding hydrogens is 152 g/mol. The summed E-state index contributed by atoms with van der Waals surface area (Å²) >= 11 is 0. The molecule has 0 rings (SSSR count). The van der Waals surface area contributed by atoms with Gasteiger partial charge < -0.3 is 10.6 Å². The Hall–Kier alpha value is -0.830. The van der Waals surface area contributed by atoms with E-state index in [1.165, 1.54) is 5.57 Å². The van der Waals surface area contributed by atoms with Crippen molar-refractivity contribution < 1.29 is 4.79 Å². The summed E-state index contributed by atoms with van der Waals surface area (Å²) in [4.78, 5) is 10.9. The maximum absolute atomic E-state index is 10.9. The minimum absolute atomic E-state index is 0.0569. The molecule has 0 radical (unpaired) electrons. The van der Waals surface area contributed by atoms with Crippen molar-refractivity contribution in [1.82, 2.24) is 10.6 Å². The molecule has 0 unspecified atom stereocenters. The first-order valence-electron chi connectivity index (χ1n) is 4.23. The molecule has 1 amide bonds. The van der Waals surface area contributed by atoms with E-state index in [0.717, 1.165) is 13.0 Å². The Labute approximate surface area is 74.2 Å². The van der Waals surface area contributed by atoms with Crippen LogP contribution in [0.2, 0.25) is 0 Å². The zero-order chi connectivity index (χ0) is 9.40. The SMILES string of the molecule is C/C=C(\C)CCNC(=O)CNC. The number of rotatable bonds is 5. The molecule has 0 bridgehead atoms. The van der Waals surface area contributed by atoms with Gasteiger partial charge in [-0.15, -0.1) is 0 Å². The Bertz CT molecular complexity index is 164. The lowest BCUT2D eigenvalue weighted by molar-refractivity contribution is -0.120. The standard InChI is InChI=1S/C9H18N2O/c1-4-8(2)5-6-11-9(12)7-10-3/h4,10H,5-7H2,1-3H3,(H,11,12)/b8-4+. The van der Waals surface area contributed by atoms with E-state index >= 15 is 0 Å². The summed E-state index contributed by atoms with van der Waals surface area (Å²) in [7, 11) is 1.76. The maximum Gasteiger partial charge on any atom is 0.233 e. The Morgan fingerprint density at radius 3 is 2.67 bits per heavy atom. The highest BCUT2D eigenvalue weighted by Gasteiger charge is 1.96. The first-order chi connectivity index (χ1) is 5.70. The van der Waals surface area contributed by atoms with Gasteiger partial charge >= 0.3 is 0 Å².